The van der Waals surface area contributed by atoms with Crippen molar-refractivity contribution in [3.63, 3.8) is 0 Å². The predicted octanol–water partition coefficient (Wildman–Crippen LogP) is 3.10. The van der Waals surface area contributed by atoms with Gasteiger partial charge in [-0.25, -0.2) is 0 Å². The number of anilines is 1. The van der Waals surface area contributed by atoms with Gasteiger partial charge in [-0.3, -0.25) is 9.59 Å². The van der Waals surface area contributed by atoms with Crippen LogP contribution in [0.4, 0.5) is 5.69 Å². The second-order valence-corrected chi connectivity index (χ2v) is 5.85. The second-order valence-electron chi connectivity index (χ2n) is 5.85. The Morgan fingerprint density at radius 2 is 1.79 bits per heavy atom. The number of nitrogens with zero attached hydrogens (tertiary/aromatic N) is 1. The minimum absolute atomic E-state index is 0.00611. The summed E-state index contributed by atoms with van der Waals surface area (Å²) in [6.45, 7) is 4.45. The maximum atomic E-state index is 11.9. The molecular weight excluding hydrogens is 300 g/mol. The number of carbonyl (C=O) groups is 2. The van der Waals surface area contributed by atoms with Crippen molar-refractivity contribution >= 4 is 17.5 Å². The highest BCUT2D eigenvalue weighted by Gasteiger charge is 2.11. The normalized spacial score (nSPS) is 10.2. The smallest absolute Gasteiger partial charge is 0.223 e. The number of hydrogen-bond acceptors (Lipinski definition) is 2. The van der Waals surface area contributed by atoms with Gasteiger partial charge < -0.3 is 10.2 Å². The monoisotopic (exact) mass is 324 g/mol. The van der Waals surface area contributed by atoms with Crippen molar-refractivity contribution in [2.45, 2.75) is 26.7 Å². The Hall–Kier alpha value is -2.62. The molecule has 2 aromatic rings. The van der Waals surface area contributed by atoms with E-state index >= 15 is 0 Å². The molecule has 0 spiro atoms. The Kier molecular flexibility index (Phi) is 6.55. The SMILES string of the molecule is CC(=O)N(CCNC(=O)CCc1ccccc1)c1cccc(C)c1. The summed E-state index contributed by atoms with van der Waals surface area (Å²) in [5, 5.41) is 2.89. The zero-order valence-corrected chi connectivity index (χ0v) is 14.3. The molecule has 0 unspecified atom stereocenters. The molecule has 0 aliphatic heterocycles. The van der Waals surface area contributed by atoms with Crippen LogP contribution in [0.25, 0.3) is 0 Å². The molecule has 126 valence electrons. The zero-order valence-electron chi connectivity index (χ0n) is 14.3. The van der Waals surface area contributed by atoms with Crippen LogP contribution >= 0.6 is 0 Å². The van der Waals surface area contributed by atoms with Crippen molar-refractivity contribution in [1.82, 2.24) is 5.32 Å². The van der Waals surface area contributed by atoms with Crippen LogP contribution in [0.15, 0.2) is 54.6 Å². The molecule has 0 fully saturated rings. The summed E-state index contributed by atoms with van der Waals surface area (Å²) >= 11 is 0. The molecule has 0 aliphatic carbocycles. The molecule has 24 heavy (non-hydrogen) atoms. The fourth-order valence-electron chi connectivity index (χ4n) is 2.56. The number of amides is 2. The standard InChI is InChI=1S/C20H24N2O2/c1-16-7-6-10-19(15-16)22(17(2)23)14-13-21-20(24)12-11-18-8-4-3-5-9-18/h3-10,15H,11-14H2,1-2H3,(H,21,24). The first kappa shape index (κ1) is 17.7. The lowest BCUT2D eigenvalue weighted by Crippen LogP contribution is -2.37. The molecule has 0 bridgehead atoms. The van der Waals surface area contributed by atoms with Crippen molar-refractivity contribution < 1.29 is 9.59 Å². The number of nitrogens with one attached hydrogen (secondary N) is 1. The molecule has 0 atom stereocenters. The van der Waals surface area contributed by atoms with E-state index in [1.165, 1.54) is 0 Å². The fraction of sp³-hybridized carbons (Fsp3) is 0.300. The van der Waals surface area contributed by atoms with E-state index in [2.05, 4.69) is 5.32 Å². The van der Waals surface area contributed by atoms with Gasteiger partial charge in [0.2, 0.25) is 11.8 Å². The largest absolute Gasteiger partial charge is 0.354 e. The third-order valence-corrected chi connectivity index (χ3v) is 3.83. The Bertz CT molecular complexity index is 683. The first-order valence-electron chi connectivity index (χ1n) is 8.21. The van der Waals surface area contributed by atoms with Crippen molar-refractivity contribution in [2.75, 3.05) is 18.0 Å². The van der Waals surface area contributed by atoms with E-state index in [1.807, 2.05) is 61.5 Å². The third kappa shape index (κ3) is 5.54. The quantitative estimate of drug-likeness (QED) is 0.851. The maximum absolute atomic E-state index is 11.9. The van der Waals surface area contributed by atoms with E-state index in [-0.39, 0.29) is 11.8 Å². The van der Waals surface area contributed by atoms with Gasteiger partial charge in [0.05, 0.1) is 0 Å². The van der Waals surface area contributed by atoms with Crippen LogP contribution in [0.1, 0.15) is 24.5 Å². The maximum Gasteiger partial charge on any atom is 0.223 e. The average molecular weight is 324 g/mol. The molecule has 0 aliphatic rings. The highest BCUT2D eigenvalue weighted by atomic mass is 16.2. The Labute approximate surface area is 143 Å². The summed E-state index contributed by atoms with van der Waals surface area (Å²) in [7, 11) is 0. The van der Waals surface area contributed by atoms with E-state index in [0.29, 0.717) is 19.5 Å². The lowest BCUT2D eigenvalue weighted by molar-refractivity contribution is -0.121. The molecule has 0 radical (unpaired) electrons. The third-order valence-electron chi connectivity index (χ3n) is 3.83. The van der Waals surface area contributed by atoms with Gasteiger partial charge in [0.1, 0.15) is 0 Å². The van der Waals surface area contributed by atoms with Crippen LogP contribution in [-0.2, 0) is 16.0 Å². The number of carbonyl (C=O) groups excluding carboxylic acids is 2. The lowest BCUT2D eigenvalue weighted by atomic mass is 10.1. The Morgan fingerprint density at radius 1 is 1.04 bits per heavy atom. The fourth-order valence-corrected chi connectivity index (χ4v) is 2.56. The van der Waals surface area contributed by atoms with Crippen LogP contribution in [0.3, 0.4) is 0 Å². The lowest BCUT2D eigenvalue weighted by Gasteiger charge is -2.21. The van der Waals surface area contributed by atoms with Gasteiger partial charge in [-0.15, -0.1) is 0 Å². The molecule has 2 aromatic carbocycles. The first-order chi connectivity index (χ1) is 11.6. The number of aryl methyl sites for hydroxylation is 2. The molecule has 4 nitrogen and oxygen atoms in total. The number of benzene rings is 2. The van der Waals surface area contributed by atoms with Gasteiger partial charge in [0.15, 0.2) is 0 Å². The molecule has 0 aromatic heterocycles. The molecule has 0 saturated heterocycles. The van der Waals surface area contributed by atoms with Gasteiger partial charge in [0.25, 0.3) is 0 Å². The summed E-state index contributed by atoms with van der Waals surface area (Å²) in [5.74, 6) is -0.0225. The topological polar surface area (TPSA) is 49.4 Å². The Balaban J connectivity index is 1.80. The van der Waals surface area contributed by atoms with Crippen molar-refractivity contribution in [2.24, 2.45) is 0 Å². The summed E-state index contributed by atoms with van der Waals surface area (Å²) in [6, 6.07) is 17.7. The molecule has 0 saturated carbocycles. The van der Waals surface area contributed by atoms with Crippen molar-refractivity contribution in [3.8, 4) is 0 Å². The van der Waals surface area contributed by atoms with E-state index in [9.17, 15) is 9.59 Å². The highest BCUT2D eigenvalue weighted by molar-refractivity contribution is 5.91. The number of hydrogen-bond donors (Lipinski definition) is 1. The van der Waals surface area contributed by atoms with Crippen LogP contribution in [0, 0.1) is 6.92 Å². The van der Waals surface area contributed by atoms with E-state index < -0.39 is 0 Å². The number of rotatable bonds is 7. The highest BCUT2D eigenvalue weighted by Crippen LogP contribution is 2.15. The summed E-state index contributed by atoms with van der Waals surface area (Å²) in [5.41, 5.74) is 3.12. The van der Waals surface area contributed by atoms with Gasteiger partial charge in [-0.1, -0.05) is 42.5 Å². The van der Waals surface area contributed by atoms with Crippen LogP contribution < -0.4 is 10.2 Å². The molecule has 1 N–H and O–H groups in total. The molecule has 0 heterocycles. The molecule has 2 rings (SSSR count). The first-order valence-corrected chi connectivity index (χ1v) is 8.21. The predicted molar refractivity (Wildman–Crippen MR) is 97.0 cm³/mol. The molecular formula is C20H24N2O2. The van der Waals surface area contributed by atoms with Crippen molar-refractivity contribution in [1.29, 1.82) is 0 Å². The van der Waals surface area contributed by atoms with E-state index in [4.69, 9.17) is 0 Å². The van der Waals surface area contributed by atoms with Crippen LogP contribution in [0.2, 0.25) is 0 Å². The minimum atomic E-state index is -0.0286. The van der Waals surface area contributed by atoms with Gasteiger partial charge in [-0.05, 0) is 36.6 Å². The average Bonchev–Trinajstić information content (AvgIpc) is 2.57. The molecule has 2 amide bonds. The second kappa shape index (κ2) is 8.87. The van der Waals surface area contributed by atoms with Gasteiger partial charge >= 0.3 is 0 Å². The van der Waals surface area contributed by atoms with Gasteiger partial charge in [0, 0.05) is 32.1 Å². The molecule has 4 heteroatoms. The Morgan fingerprint density at radius 3 is 2.46 bits per heavy atom. The summed E-state index contributed by atoms with van der Waals surface area (Å²) < 4.78 is 0. The van der Waals surface area contributed by atoms with Crippen molar-refractivity contribution in [3.05, 3.63) is 65.7 Å². The zero-order chi connectivity index (χ0) is 17.4. The van der Waals surface area contributed by atoms with Crippen LogP contribution in [-0.4, -0.2) is 24.9 Å². The van der Waals surface area contributed by atoms with Gasteiger partial charge in [-0.2, -0.15) is 0 Å². The summed E-state index contributed by atoms with van der Waals surface area (Å²) in [6.07, 6.45) is 1.18. The minimum Gasteiger partial charge on any atom is -0.354 e. The summed E-state index contributed by atoms with van der Waals surface area (Å²) in [4.78, 5) is 25.5. The van der Waals surface area contributed by atoms with E-state index in [0.717, 1.165) is 23.2 Å². The van der Waals surface area contributed by atoms with Crippen LogP contribution in [0.5, 0.6) is 0 Å². The van der Waals surface area contributed by atoms with E-state index in [1.54, 1.807) is 11.8 Å².